The average molecular weight is 394 g/mol. The summed E-state index contributed by atoms with van der Waals surface area (Å²) in [5, 5.41) is 3.42. The van der Waals surface area contributed by atoms with Crippen LogP contribution in [0.1, 0.15) is 39.2 Å². The van der Waals surface area contributed by atoms with Crippen LogP contribution in [0.25, 0.3) is 0 Å². The minimum Gasteiger partial charge on any atom is -0.495 e. The molecule has 6 nitrogen and oxygen atoms in total. The summed E-state index contributed by atoms with van der Waals surface area (Å²) in [5.74, 6) is -1.30. The van der Waals surface area contributed by atoms with Crippen molar-refractivity contribution < 1.29 is 23.8 Å². The molecule has 0 aromatic heterocycles. The quantitative estimate of drug-likeness (QED) is 0.742. The van der Waals surface area contributed by atoms with Crippen LogP contribution in [0.5, 0.6) is 5.75 Å². The fourth-order valence-electron chi connectivity index (χ4n) is 3.17. The summed E-state index contributed by atoms with van der Waals surface area (Å²) in [4.78, 5) is 25.4. The summed E-state index contributed by atoms with van der Waals surface area (Å²) in [6.07, 6.45) is 0. The van der Waals surface area contributed by atoms with E-state index in [0.29, 0.717) is 38.9 Å². The van der Waals surface area contributed by atoms with E-state index in [-0.39, 0.29) is 13.2 Å². The third-order valence-corrected chi connectivity index (χ3v) is 4.68. The number of rotatable bonds is 6. The van der Waals surface area contributed by atoms with Crippen molar-refractivity contribution >= 4 is 23.5 Å². The van der Waals surface area contributed by atoms with Gasteiger partial charge in [0.25, 0.3) is 0 Å². The number of allylic oxidation sites excluding steroid dienone is 2. The van der Waals surface area contributed by atoms with Crippen molar-refractivity contribution in [1.29, 1.82) is 0 Å². The van der Waals surface area contributed by atoms with E-state index in [1.807, 2.05) is 0 Å². The molecular formula is C20H24ClNO5. The van der Waals surface area contributed by atoms with Crippen molar-refractivity contribution in [3.8, 4) is 5.75 Å². The maximum atomic E-state index is 12.7. The van der Waals surface area contributed by atoms with E-state index in [2.05, 4.69) is 5.32 Å². The Morgan fingerprint density at radius 2 is 1.56 bits per heavy atom. The predicted octanol–water partition coefficient (Wildman–Crippen LogP) is 3.71. The van der Waals surface area contributed by atoms with Gasteiger partial charge in [0.15, 0.2) is 0 Å². The number of dihydropyridines is 1. The Kier molecular flexibility index (Phi) is 6.91. The van der Waals surface area contributed by atoms with Crippen molar-refractivity contribution in [3.63, 3.8) is 0 Å². The first kappa shape index (κ1) is 20.8. The molecule has 1 aromatic rings. The second-order valence-corrected chi connectivity index (χ2v) is 6.32. The number of methoxy groups -OCH3 is 1. The molecule has 0 aliphatic carbocycles. The highest BCUT2D eigenvalue weighted by Crippen LogP contribution is 2.44. The monoisotopic (exact) mass is 393 g/mol. The second kappa shape index (κ2) is 8.95. The van der Waals surface area contributed by atoms with Gasteiger partial charge in [-0.05, 0) is 39.3 Å². The lowest BCUT2D eigenvalue weighted by Crippen LogP contribution is -2.32. The third kappa shape index (κ3) is 4.11. The molecule has 1 heterocycles. The number of hydrogen-bond donors (Lipinski definition) is 1. The van der Waals surface area contributed by atoms with Crippen LogP contribution in [-0.2, 0) is 19.1 Å². The molecule has 1 N–H and O–H groups in total. The number of hydrogen-bond acceptors (Lipinski definition) is 6. The number of carbonyl (C=O) groups is 2. The fraction of sp³-hybridized carbons (Fsp3) is 0.400. The van der Waals surface area contributed by atoms with Gasteiger partial charge in [0.1, 0.15) is 5.75 Å². The topological polar surface area (TPSA) is 73.9 Å². The zero-order chi connectivity index (χ0) is 20.1. The number of benzene rings is 1. The summed E-state index contributed by atoms with van der Waals surface area (Å²) in [6.45, 7) is 7.41. The molecule has 27 heavy (non-hydrogen) atoms. The van der Waals surface area contributed by atoms with Gasteiger partial charge in [0, 0.05) is 11.4 Å². The summed E-state index contributed by atoms with van der Waals surface area (Å²) >= 11 is 6.54. The summed E-state index contributed by atoms with van der Waals surface area (Å²) in [7, 11) is 1.51. The molecule has 0 saturated carbocycles. The van der Waals surface area contributed by atoms with Gasteiger partial charge in [-0.25, -0.2) is 9.59 Å². The molecule has 0 amide bonds. The van der Waals surface area contributed by atoms with Gasteiger partial charge < -0.3 is 19.5 Å². The van der Waals surface area contributed by atoms with Gasteiger partial charge in [-0.15, -0.1) is 0 Å². The van der Waals surface area contributed by atoms with Crippen LogP contribution >= 0.6 is 11.6 Å². The molecule has 0 bridgehead atoms. The van der Waals surface area contributed by atoms with E-state index >= 15 is 0 Å². The summed E-state index contributed by atoms with van der Waals surface area (Å²) in [5.41, 5.74) is 2.41. The lowest BCUT2D eigenvalue weighted by atomic mass is 9.80. The lowest BCUT2D eigenvalue weighted by Gasteiger charge is -2.31. The maximum absolute atomic E-state index is 12.7. The van der Waals surface area contributed by atoms with Crippen LogP contribution in [0, 0.1) is 0 Å². The number of ether oxygens (including phenoxy) is 3. The lowest BCUT2D eigenvalue weighted by molar-refractivity contribution is -0.139. The summed E-state index contributed by atoms with van der Waals surface area (Å²) < 4.78 is 15.8. The normalized spacial score (nSPS) is 14.7. The average Bonchev–Trinajstić information content (AvgIpc) is 2.61. The zero-order valence-corrected chi connectivity index (χ0v) is 16.9. The van der Waals surface area contributed by atoms with Crippen LogP contribution in [0.4, 0.5) is 0 Å². The predicted molar refractivity (Wildman–Crippen MR) is 103 cm³/mol. The first-order chi connectivity index (χ1) is 12.9. The highest BCUT2D eigenvalue weighted by Gasteiger charge is 2.39. The molecule has 0 unspecified atom stereocenters. The van der Waals surface area contributed by atoms with Gasteiger partial charge in [-0.2, -0.15) is 0 Å². The third-order valence-electron chi connectivity index (χ3n) is 4.28. The second-order valence-electron chi connectivity index (χ2n) is 5.94. The number of carbonyl (C=O) groups excluding carboxylic acids is 2. The number of nitrogens with one attached hydrogen (secondary N) is 1. The highest BCUT2D eigenvalue weighted by atomic mass is 35.5. The first-order valence-corrected chi connectivity index (χ1v) is 9.10. The maximum Gasteiger partial charge on any atom is 0.336 e. The van der Waals surface area contributed by atoms with Crippen molar-refractivity contribution in [2.75, 3.05) is 20.3 Å². The largest absolute Gasteiger partial charge is 0.495 e. The van der Waals surface area contributed by atoms with Crippen LogP contribution in [0.3, 0.4) is 0 Å². The number of esters is 2. The van der Waals surface area contributed by atoms with E-state index in [1.54, 1.807) is 45.9 Å². The molecule has 0 atom stereocenters. The van der Waals surface area contributed by atoms with E-state index < -0.39 is 17.9 Å². The smallest absolute Gasteiger partial charge is 0.336 e. The zero-order valence-electron chi connectivity index (χ0n) is 16.1. The van der Waals surface area contributed by atoms with Gasteiger partial charge in [0.2, 0.25) is 0 Å². The van der Waals surface area contributed by atoms with Gasteiger partial charge in [-0.3, -0.25) is 0 Å². The molecule has 1 aliphatic rings. The minimum atomic E-state index is -0.730. The van der Waals surface area contributed by atoms with E-state index in [9.17, 15) is 9.59 Å². The highest BCUT2D eigenvalue weighted by molar-refractivity contribution is 6.33. The molecule has 1 aromatic carbocycles. The Bertz CT molecular complexity index is 773. The Morgan fingerprint density at radius 3 is 2.00 bits per heavy atom. The molecular weight excluding hydrogens is 370 g/mol. The standard InChI is InChI=1S/C20H24ClNO5/c1-6-26-19(23)15-11(3)22-12(4)16(20(24)27-7-2)17(15)13-9-8-10-14(25-5)18(13)21/h8-10,17,22H,6-7H2,1-5H3. The van der Waals surface area contributed by atoms with E-state index in [0.717, 1.165) is 0 Å². The molecule has 7 heteroatoms. The Hall–Kier alpha value is -2.47. The SMILES string of the molecule is CCOC(=O)C1=C(C)NC(C)=C(C(=O)OCC)C1c1cccc(OC)c1Cl. The van der Waals surface area contributed by atoms with Crippen molar-refractivity contribution in [3.05, 3.63) is 51.3 Å². The summed E-state index contributed by atoms with van der Waals surface area (Å²) in [6, 6.07) is 5.24. The van der Waals surface area contributed by atoms with Crippen LogP contribution in [-0.4, -0.2) is 32.3 Å². The molecule has 1 aliphatic heterocycles. The van der Waals surface area contributed by atoms with Crippen molar-refractivity contribution in [2.24, 2.45) is 0 Å². The fourth-order valence-corrected chi connectivity index (χ4v) is 3.48. The number of halogens is 1. The van der Waals surface area contributed by atoms with Gasteiger partial charge >= 0.3 is 11.9 Å². The van der Waals surface area contributed by atoms with Crippen LogP contribution in [0.15, 0.2) is 40.7 Å². The van der Waals surface area contributed by atoms with Crippen molar-refractivity contribution in [1.82, 2.24) is 5.32 Å². The van der Waals surface area contributed by atoms with Crippen LogP contribution < -0.4 is 10.1 Å². The minimum absolute atomic E-state index is 0.214. The molecule has 0 saturated heterocycles. The van der Waals surface area contributed by atoms with Gasteiger partial charge in [-0.1, -0.05) is 23.7 Å². The van der Waals surface area contributed by atoms with E-state index in [1.165, 1.54) is 7.11 Å². The molecule has 0 radical (unpaired) electrons. The Balaban J connectivity index is 2.73. The Morgan fingerprint density at radius 1 is 1.04 bits per heavy atom. The first-order valence-electron chi connectivity index (χ1n) is 8.72. The molecule has 146 valence electrons. The molecule has 0 fully saturated rings. The van der Waals surface area contributed by atoms with Gasteiger partial charge in [0.05, 0.1) is 42.4 Å². The molecule has 2 rings (SSSR count). The Labute approximate surface area is 164 Å². The van der Waals surface area contributed by atoms with E-state index in [4.69, 9.17) is 25.8 Å². The molecule has 0 spiro atoms. The van der Waals surface area contributed by atoms with Crippen LogP contribution in [0.2, 0.25) is 5.02 Å². The van der Waals surface area contributed by atoms with Crippen molar-refractivity contribution in [2.45, 2.75) is 33.6 Å².